The Labute approximate surface area is 317 Å². The summed E-state index contributed by atoms with van der Waals surface area (Å²) in [4.78, 5) is 44.2. The van der Waals surface area contributed by atoms with E-state index in [9.17, 15) is 4.79 Å². The van der Waals surface area contributed by atoms with Gasteiger partial charge in [-0.1, -0.05) is 75.4 Å². The van der Waals surface area contributed by atoms with E-state index in [0.29, 0.717) is 55.8 Å². The first-order valence-corrected chi connectivity index (χ1v) is 17.8. The van der Waals surface area contributed by atoms with Gasteiger partial charge in [-0.2, -0.15) is 0 Å². The van der Waals surface area contributed by atoms with Gasteiger partial charge in [-0.25, -0.2) is 33.7 Å². The van der Waals surface area contributed by atoms with E-state index < -0.39 is 12.7 Å². The van der Waals surface area contributed by atoms with E-state index >= 15 is 4.79 Å². The third-order valence-electron chi connectivity index (χ3n) is 10.1. The smallest absolute Gasteiger partial charge is 0.339 e. The van der Waals surface area contributed by atoms with Gasteiger partial charge in [0.15, 0.2) is 17.2 Å². The second kappa shape index (κ2) is 11.9. The third-order valence-corrected chi connectivity index (χ3v) is 10.1. The SMILES string of the molecule is [2H]C([2H])([2H])n1ccnc1-c1cc2c(oc3ccccc32)c(-n2c(=O)n(-c3ccccc3)c3cc4c(cc32)n(-c2cc(C(C)(C)C)ccn2)c(=O)n4-c2ccccc2)n1. The van der Waals surface area contributed by atoms with Crippen molar-refractivity contribution in [2.75, 3.05) is 0 Å². The van der Waals surface area contributed by atoms with E-state index in [2.05, 4.69) is 25.8 Å². The average Bonchev–Trinajstić information content (AvgIpc) is 3.98. The second-order valence-corrected chi connectivity index (χ2v) is 14.5. The molecule has 0 aliphatic carbocycles. The zero-order valence-corrected chi connectivity index (χ0v) is 30.0. The first-order valence-electron chi connectivity index (χ1n) is 19.3. The van der Waals surface area contributed by atoms with Crippen molar-refractivity contribution in [3.05, 3.63) is 160 Å². The van der Waals surface area contributed by atoms with Gasteiger partial charge in [-0.05, 0) is 71.6 Å². The minimum Gasteiger partial charge on any atom is -0.452 e. The molecule has 268 valence electrons. The molecular weight excluding hydrogens is 689 g/mol. The predicted molar refractivity (Wildman–Crippen MR) is 215 cm³/mol. The van der Waals surface area contributed by atoms with Gasteiger partial charge in [-0.3, -0.25) is 9.13 Å². The minimum absolute atomic E-state index is 0.0919. The highest BCUT2D eigenvalue weighted by molar-refractivity contribution is 6.08. The monoisotopic (exact) mass is 725 g/mol. The molecule has 11 nitrogen and oxygen atoms in total. The molecule has 0 spiro atoms. The number of fused-ring (bicyclic) bond motifs is 5. The van der Waals surface area contributed by atoms with E-state index in [1.807, 2.05) is 109 Å². The first-order chi connectivity index (χ1) is 27.9. The molecule has 10 aromatic rings. The Morgan fingerprint density at radius 2 is 1.25 bits per heavy atom. The van der Waals surface area contributed by atoms with E-state index in [1.54, 1.807) is 26.0 Å². The highest BCUT2D eigenvalue weighted by Gasteiger charge is 2.27. The van der Waals surface area contributed by atoms with E-state index in [4.69, 9.17) is 18.5 Å². The van der Waals surface area contributed by atoms with Crippen LogP contribution in [0.2, 0.25) is 0 Å². The fourth-order valence-corrected chi connectivity index (χ4v) is 7.44. The van der Waals surface area contributed by atoms with Gasteiger partial charge in [0, 0.05) is 40.5 Å². The highest BCUT2D eigenvalue weighted by Crippen LogP contribution is 2.36. The molecule has 0 aliphatic heterocycles. The van der Waals surface area contributed by atoms with Gasteiger partial charge < -0.3 is 8.98 Å². The second-order valence-electron chi connectivity index (χ2n) is 14.5. The van der Waals surface area contributed by atoms with Crippen molar-refractivity contribution in [1.82, 2.24) is 37.8 Å². The third kappa shape index (κ3) is 4.93. The van der Waals surface area contributed by atoms with Crippen LogP contribution in [0.25, 0.3) is 78.5 Å². The number of furan rings is 1. The quantitative estimate of drug-likeness (QED) is 0.177. The van der Waals surface area contributed by atoms with Crippen molar-refractivity contribution in [2.45, 2.75) is 26.2 Å². The number of imidazole rings is 3. The van der Waals surface area contributed by atoms with Crippen molar-refractivity contribution >= 4 is 44.0 Å². The molecule has 4 aromatic carbocycles. The van der Waals surface area contributed by atoms with Crippen LogP contribution in [0.5, 0.6) is 0 Å². The summed E-state index contributed by atoms with van der Waals surface area (Å²) in [7, 11) is 0. The highest BCUT2D eigenvalue weighted by atomic mass is 16.3. The molecule has 0 aliphatic rings. The predicted octanol–water partition coefficient (Wildman–Crippen LogP) is 8.26. The lowest BCUT2D eigenvalue weighted by Gasteiger charge is -2.19. The number of hydrogen-bond donors (Lipinski definition) is 0. The molecule has 0 atom stereocenters. The van der Waals surface area contributed by atoms with Crippen LogP contribution >= 0.6 is 0 Å². The summed E-state index contributed by atoms with van der Waals surface area (Å²) in [6.45, 7) is 3.74. The Morgan fingerprint density at radius 3 is 1.93 bits per heavy atom. The maximum absolute atomic E-state index is 15.3. The van der Waals surface area contributed by atoms with Gasteiger partial charge in [-0.15, -0.1) is 0 Å². The van der Waals surface area contributed by atoms with Crippen molar-refractivity contribution in [1.29, 1.82) is 0 Å². The van der Waals surface area contributed by atoms with Gasteiger partial charge in [0.1, 0.15) is 17.1 Å². The molecule has 0 unspecified atom stereocenters. The number of aryl methyl sites for hydroxylation is 1. The minimum atomic E-state index is -2.55. The van der Waals surface area contributed by atoms with Gasteiger partial charge in [0.2, 0.25) is 0 Å². The molecule has 0 fully saturated rings. The molecule has 0 N–H and O–H groups in total. The topological polar surface area (TPSA) is 111 Å². The van der Waals surface area contributed by atoms with Crippen LogP contribution in [0, 0.1) is 0 Å². The zero-order chi connectivity index (χ0) is 40.1. The Morgan fingerprint density at radius 1 is 0.636 bits per heavy atom. The zero-order valence-electron chi connectivity index (χ0n) is 33.0. The summed E-state index contributed by atoms with van der Waals surface area (Å²) in [5, 5.41) is 1.36. The van der Waals surface area contributed by atoms with E-state index in [0.717, 1.165) is 15.5 Å². The van der Waals surface area contributed by atoms with Crippen LogP contribution in [0.3, 0.4) is 0 Å². The molecule has 11 heteroatoms. The van der Waals surface area contributed by atoms with Crippen molar-refractivity contribution in [2.24, 2.45) is 6.98 Å². The molecular formula is C44H34N8O3. The fourth-order valence-electron chi connectivity index (χ4n) is 7.44. The average molecular weight is 726 g/mol. The Bertz CT molecular complexity index is 3360. The number of para-hydroxylation sites is 3. The Balaban J connectivity index is 1.38. The number of aromatic nitrogens is 8. The van der Waals surface area contributed by atoms with Gasteiger partial charge in [0.25, 0.3) is 0 Å². The number of nitrogens with zero attached hydrogens (tertiary/aromatic N) is 8. The lowest BCUT2D eigenvalue weighted by molar-refractivity contribution is 0.588. The summed E-state index contributed by atoms with van der Waals surface area (Å²) in [5.41, 5.74) is 4.19. The van der Waals surface area contributed by atoms with Crippen LogP contribution in [-0.2, 0) is 12.4 Å². The van der Waals surface area contributed by atoms with Crippen molar-refractivity contribution in [3.63, 3.8) is 0 Å². The normalized spacial score (nSPS) is 13.2. The number of benzene rings is 4. The standard InChI is InChI=1S/C44H34N8O3/c1-44(2,3)27-19-20-45-38(23-27)51-35-26-36-34(25-33(35)49(42(51)53)28-13-7-5-8-14-28)50(29-15-9-6-10-16-29)43(54)52(36)41-39-31(30-17-11-12-18-37(30)55-39)24-32(47-41)40-46-21-22-48(40)4/h5-26H,1-4H3/i4D3. The molecule has 6 heterocycles. The van der Waals surface area contributed by atoms with Crippen LogP contribution in [0.4, 0.5) is 0 Å². The maximum Gasteiger partial charge on any atom is 0.339 e. The molecule has 0 saturated heterocycles. The Hall–Kier alpha value is -7.27. The van der Waals surface area contributed by atoms with E-state index in [1.165, 1.54) is 17.0 Å². The summed E-state index contributed by atoms with van der Waals surface area (Å²) in [6.07, 6.45) is 4.49. The first kappa shape index (κ1) is 29.2. The Kier molecular flexibility index (Phi) is 6.31. The summed E-state index contributed by atoms with van der Waals surface area (Å²) < 4.78 is 38.5. The lowest BCUT2D eigenvalue weighted by Crippen LogP contribution is -2.24. The molecule has 0 bridgehead atoms. The van der Waals surface area contributed by atoms with Gasteiger partial charge in [0.05, 0.1) is 33.4 Å². The number of hydrogen-bond acceptors (Lipinski definition) is 6. The van der Waals surface area contributed by atoms with Crippen molar-refractivity contribution < 1.29 is 8.53 Å². The number of rotatable bonds is 5. The fraction of sp³-hybridized carbons (Fsp3) is 0.114. The summed E-state index contributed by atoms with van der Waals surface area (Å²) >= 11 is 0. The summed E-state index contributed by atoms with van der Waals surface area (Å²) in [5.74, 6) is 0.635. The molecule has 0 amide bonds. The molecule has 6 aromatic heterocycles. The molecule has 10 rings (SSSR count). The van der Waals surface area contributed by atoms with Crippen molar-refractivity contribution in [3.8, 4) is 34.5 Å². The maximum atomic E-state index is 15.3. The van der Waals surface area contributed by atoms with Crippen LogP contribution in [0.15, 0.2) is 148 Å². The lowest BCUT2D eigenvalue weighted by atomic mass is 9.88. The molecule has 0 saturated carbocycles. The van der Waals surface area contributed by atoms with Crippen LogP contribution in [-0.4, -0.2) is 37.8 Å². The number of pyridine rings is 2. The summed E-state index contributed by atoms with van der Waals surface area (Å²) in [6, 6.07) is 35.3. The van der Waals surface area contributed by atoms with Gasteiger partial charge >= 0.3 is 11.4 Å². The molecule has 0 radical (unpaired) electrons. The van der Waals surface area contributed by atoms with E-state index in [-0.39, 0.29) is 28.4 Å². The van der Waals surface area contributed by atoms with Crippen LogP contribution < -0.4 is 11.4 Å². The largest absolute Gasteiger partial charge is 0.452 e. The van der Waals surface area contributed by atoms with Crippen LogP contribution in [0.1, 0.15) is 30.4 Å². The molecule has 55 heavy (non-hydrogen) atoms.